The first-order chi connectivity index (χ1) is 8.49. The minimum Gasteiger partial charge on any atom is -0.307 e. The lowest BCUT2D eigenvalue weighted by molar-refractivity contribution is 0.335. The van der Waals surface area contributed by atoms with Crippen molar-refractivity contribution in [2.24, 2.45) is 11.8 Å². The molecule has 2 nitrogen and oxygen atoms in total. The molecule has 0 radical (unpaired) electrons. The van der Waals surface area contributed by atoms with Gasteiger partial charge in [0.1, 0.15) is 0 Å². The molecule has 0 saturated heterocycles. The molecule has 0 amide bonds. The molecule has 0 unspecified atom stereocenters. The van der Waals surface area contributed by atoms with Crippen molar-refractivity contribution >= 4 is 0 Å². The Morgan fingerprint density at radius 2 is 1.44 bits per heavy atom. The van der Waals surface area contributed by atoms with Crippen LogP contribution in [0.25, 0.3) is 0 Å². The van der Waals surface area contributed by atoms with Crippen LogP contribution in [-0.2, 0) is 0 Å². The summed E-state index contributed by atoms with van der Waals surface area (Å²) in [6.07, 6.45) is 6.22. The van der Waals surface area contributed by atoms with Crippen molar-refractivity contribution in [3.05, 3.63) is 30.1 Å². The smallest absolute Gasteiger partial charge is 0.0295 e. The van der Waals surface area contributed by atoms with Crippen LogP contribution >= 0.6 is 0 Å². The summed E-state index contributed by atoms with van der Waals surface area (Å²) < 4.78 is 0. The zero-order valence-corrected chi connectivity index (χ0v) is 12.5. The fraction of sp³-hybridized carbons (Fsp3) is 0.688. The fourth-order valence-electron chi connectivity index (χ4n) is 2.47. The SMILES string of the molecule is CC(C)CC(CC(C)C)N[C@H](C)c1ccncc1. The Morgan fingerprint density at radius 1 is 0.944 bits per heavy atom. The van der Waals surface area contributed by atoms with Crippen LogP contribution in [0.15, 0.2) is 24.5 Å². The number of aromatic nitrogens is 1. The minimum atomic E-state index is 0.399. The normalized spacial score (nSPS) is 13.6. The molecule has 1 atom stereocenters. The summed E-state index contributed by atoms with van der Waals surface area (Å²) in [4.78, 5) is 4.08. The third-order valence-corrected chi connectivity index (χ3v) is 3.20. The predicted octanol–water partition coefficient (Wildman–Crippen LogP) is 4.19. The molecule has 18 heavy (non-hydrogen) atoms. The Morgan fingerprint density at radius 3 is 1.89 bits per heavy atom. The van der Waals surface area contributed by atoms with Gasteiger partial charge >= 0.3 is 0 Å². The molecule has 1 aromatic heterocycles. The summed E-state index contributed by atoms with van der Waals surface area (Å²) in [5.74, 6) is 1.48. The average molecular weight is 248 g/mol. The molecule has 2 heteroatoms. The van der Waals surface area contributed by atoms with E-state index in [9.17, 15) is 0 Å². The standard InChI is InChI=1S/C16H28N2/c1-12(2)10-16(11-13(3)4)18-14(5)15-6-8-17-9-7-15/h6-9,12-14,16,18H,10-11H2,1-5H3/t14-/m1/s1. The summed E-state index contributed by atoms with van der Waals surface area (Å²) in [6.45, 7) is 11.4. The maximum atomic E-state index is 4.08. The van der Waals surface area contributed by atoms with Crippen LogP contribution in [0.3, 0.4) is 0 Å². The molecular formula is C16H28N2. The molecule has 0 aliphatic heterocycles. The van der Waals surface area contributed by atoms with Crippen molar-refractivity contribution in [2.75, 3.05) is 0 Å². The van der Waals surface area contributed by atoms with E-state index in [4.69, 9.17) is 0 Å². The highest BCUT2D eigenvalue weighted by molar-refractivity contribution is 5.14. The highest BCUT2D eigenvalue weighted by atomic mass is 14.9. The van der Waals surface area contributed by atoms with Crippen LogP contribution in [-0.4, -0.2) is 11.0 Å². The van der Waals surface area contributed by atoms with Crippen LogP contribution in [0.2, 0.25) is 0 Å². The molecule has 102 valence electrons. The van der Waals surface area contributed by atoms with Crippen LogP contribution < -0.4 is 5.32 Å². The Kier molecular flexibility index (Phi) is 6.34. The van der Waals surface area contributed by atoms with Crippen molar-refractivity contribution < 1.29 is 0 Å². The van der Waals surface area contributed by atoms with E-state index in [1.807, 2.05) is 12.4 Å². The molecule has 0 aliphatic rings. The lowest BCUT2D eigenvalue weighted by atomic mass is 9.94. The monoisotopic (exact) mass is 248 g/mol. The van der Waals surface area contributed by atoms with Crippen molar-refractivity contribution in [3.8, 4) is 0 Å². The summed E-state index contributed by atoms with van der Waals surface area (Å²) in [5.41, 5.74) is 1.32. The third-order valence-electron chi connectivity index (χ3n) is 3.20. The van der Waals surface area contributed by atoms with Crippen LogP contribution in [0.5, 0.6) is 0 Å². The first kappa shape index (κ1) is 15.2. The number of rotatable bonds is 7. The van der Waals surface area contributed by atoms with E-state index in [0.717, 1.165) is 11.8 Å². The zero-order chi connectivity index (χ0) is 13.5. The molecule has 0 aromatic carbocycles. The Labute approximate surface area is 112 Å². The van der Waals surface area contributed by atoms with Gasteiger partial charge in [0.05, 0.1) is 0 Å². The van der Waals surface area contributed by atoms with Gasteiger partial charge in [-0.1, -0.05) is 27.7 Å². The maximum absolute atomic E-state index is 4.08. The van der Waals surface area contributed by atoms with Gasteiger partial charge in [0.2, 0.25) is 0 Å². The van der Waals surface area contributed by atoms with E-state index in [0.29, 0.717) is 12.1 Å². The summed E-state index contributed by atoms with van der Waals surface area (Å²) in [5, 5.41) is 3.77. The van der Waals surface area contributed by atoms with E-state index in [1.54, 1.807) is 0 Å². The van der Waals surface area contributed by atoms with Gasteiger partial charge in [-0.2, -0.15) is 0 Å². The number of hydrogen-bond donors (Lipinski definition) is 1. The van der Waals surface area contributed by atoms with E-state index >= 15 is 0 Å². The Hall–Kier alpha value is -0.890. The molecule has 0 aliphatic carbocycles. The summed E-state index contributed by atoms with van der Waals surface area (Å²) >= 11 is 0. The van der Waals surface area contributed by atoms with Crippen molar-refractivity contribution in [1.82, 2.24) is 10.3 Å². The average Bonchev–Trinajstić information content (AvgIpc) is 2.28. The molecule has 1 heterocycles. The highest BCUT2D eigenvalue weighted by Gasteiger charge is 2.16. The van der Waals surface area contributed by atoms with Crippen molar-refractivity contribution in [2.45, 2.75) is 59.5 Å². The van der Waals surface area contributed by atoms with Gasteiger partial charge in [-0.05, 0) is 49.3 Å². The number of hydrogen-bond acceptors (Lipinski definition) is 2. The van der Waals surface area contributed by atoms with E-state index in [-0.39, 0.29) is 0 Å². The van der Waals surface area contributed by atoms with Crippen LogP contribution in [0.1, 0.15) is 59.1 Å². The third kappa shape index (κ3) is 5.63. The van der Waals surface area contributed by atoms with E-state index in [1.165, 1.54) is 18.4 Å². The second-order valence-electron chi connectivity index (χ2n) is 6.12. The largest absolute Gasteiger partial charge is 0.307 e. The number of pyridine rings is 1. The van der Waals surface area contributed by atoms with Gasteiger partial charge in [-0.3, -0.25) is 4.98 Å². The quantitative estimate of drug-likeness (QED) is 0.782. The van der Waals surface area contributed by atoms with Crippen LogP contribution in [0, 0.1) is 11.8 Å². The highest BCUT2D eigenvalue weighted by Crippen LogP contribution is 2.18. The van der Waals surface area contributed by atoms with Gasteiger partial charge in [-0.25, -0.2) is 0 Å². The Bertz CT molecular complexity index is 309. The van der Waals surface area contributed by atoms with Crippen LogP contribution in [0.4, 0.5) is 0 Å². The van der Waals surface area contributed by atoms with Gasteiger partial charge < -0.3 is 5.32 Å². The van der Waals surface area contributed by atoms with E-state index in [2.05, 4.69) is 57.1 Å². The lowest BCUT2D eigenvalue weighted by Crippen LogP contribution is -2.34. The molecule has 1 rings (SSSR count). The minimum absolute atomic E-state index is 0.399. The second kappa shape index (κ2) is 7.52. The number of nitrogens with one attached hydrogen (secondary N) is 1. The zero-order valence-electron chi connectivity index (χ0n) is 12.5. The molecule has 0 bridgehead atoms. The Balaban J connectivity index is 2.59. The molecular weight excluding hydrogens is 220 g/mol. The lowest BCUT2D eigenvalue weighted by Gasteiger charge is -2.26. The predicted molar refractivity (Wildman–Crippen MR) is 78.5 cm³/mol. The fourth-order valence-corrected chi connectivity index (χ4v) is 2.47. The summed E-state index contributed by atoms with van der Waals surface area (Å²) in [6, 6.07) is 5.20. The first-order valence-corrected chi connectivity index (χ1v) is 7.15. The van der Waals surface area contributed by atoms with E-state index < -0.39 is 0 Å². The van der Waals surface area contributed by atoms with Gasteiger partial charge in [0, 0.05) is 24.5 Å². The molecule has 1 N–H and O–H groups in total. The number of nitrogens with zero attached hydrogens (tertiary/aromatic N) is 1. The van der Waals surface area contributed by atoms with Crippen molar-refractivity contribution in [1.29, 1.82) is 0 Å². The van der Waals surface area contributed by atoms with Gasteiger partial charge in [0.15, 0.2) is 0 Å². The topological polar surface area (TPSA) is 24.9 Å². The van der Waals surface area contributed by atoms with Crippen molar-refractivity contribution in [3.63, 3.8) is 0 Å². The molecule has 0 saturated carbocycles. The maximum Gasteiger partial charge on any atom is 0.0295 e. The van der Waals surface area contributed by atoms with Gasteiger partial charge in [-0.15, -0.1) is 0 Å². The second-order valence-corrected chi connectivity index (χ2v) is 6.12. The molecule has 0 fully saturated rings. The molecule has 0 spiro atoms. The first-order valence-electron chi connectivity index (χ1n) is 7.15. The summed E-state index contributed by atoms with van der Waals surface area (Å²) in [7, 11) is 0. The molecule has 1 aromatic rings. The van der Waals surface area contributed by atoms with Gasteiger partial charge in [0.25, 0.3) is 0 Å².